The van der Waals surface area contributed by atoms with Crippen molar-refractivity contribution >= 4 is 23.5 Å². The van der Waals surface area contributed by atoms with Crippen LogP contribution in [0.1, 0.15) is 52.9 Å². The van der Waals surface area contributed by atoms with E-state index in [0.717, 1.165) is 48.7 Å². The molecular weight excluding hydrogens is 420 g/mol. The standard InChI is InChI=1S/C25H36N4O4/c1-17-13-24(2,3)16-25(14-17)22(31)29(23(32)27-25)15-21(30)26-18-9-11-28(12-10-18)19-5-7-20(33-4)8-6-19/h5-8,17-18H,9-16H2,1-4H3,(H,26,30)(H,27,32). The third-order valence-corrected chi connectivity index (χ3v) is 7.22. The predicted octanol–water partition coefficient (Wildman–Crippen LogP) is 2.92. The molecule has 4 amide bonds. The Morgan fingerprint density at radius 1 is 1.15 bits per heavy atom. The highest BCUT2D eigenvalue weighted by molar-refractivity contribution is 6.09. The van der Waals surface area contributed by atoms with E-state index in [4.69, 9.17) is 4.74 Å². The van der Waals surface area contributed by atoms with Crippen LogP contribution in [0.15, 0.2) is 24.3 Å². The molecule has 2 aliphatic heterocycles. The molecule has 8 heteroatoms. The van der Waals surface area contributed by atoms with Crippen molar-refractivity contribution in [1.82, 2.24) is 15.5 Å². The van der Waals surface area contributed by atoms with Crippen LogP contribution in [0.4, 0.5) is 10.5 Å². The molecule has 1 saturated carbocycles. The van der Waals surface area contributed by atoms with Crippen molar-refractivity contribution in [3.63, 3.8) is 0 Å². The van der Waals surface area contributed by atoms with Crippen molar-refractivity contribution in [3.8, 4) is 5.75 Å². The zero-order chi connectivity index (χ0) is 23.8. The van der Waals surface area contributed by atoms with Gasteiger partial charge in [-0.3, -0.25) is 14.5 Å². The van der Waals surface area contributed by atoms with Crippen LogP contribution in [0.5, 0.6) is 5.75 Å². The number of piperidine rings is 1. The molecule has 2 atom stereocenters. The molecule has 2 saturated heterocycles. The van der Waals surface area contributed by atoms with Gasteiger partial charge in [-0.1, -0.05) is 20.8 Å². The minimum absolute atomic E-state index is 0.0310. The molecule has 8 nitrogen and oxygen atoms in total. The van der Waals surface area contributed by atoms with Crippen LogP contribution in [-0.4, -0.2) is 61.1 Å². The maximum Gasteiger partial charge on any atom is 0.325 e. The summed E-state index contributed by atoms with van der Waals surface area (Å²) in [5, 5.41) is 5.97. The summed E-state index contributed by atoms with van der Waals surface area (Å²) in [5.74, 6) is 0.634. The molecule has 3 aliphatic rings. The summed E-state index contributed by atoms with van der Waals surface area (Å²) < 4.78 is 5.22. The van der Waals surface area contributed by atoms with Crippen LogP contribution in [0.25, 0.3) is 0 Å². The van der Waals surface area contributed by atoms with E-state index in [1.54, 1.807) is 7.11 Å². The number of urea groups is 1. The van der Waals surface area contributed by atoms with Crippen LogP contribution < -0.4 is 20.3 Å². The fraction of sp³-hybridized carbons (Fsp3) is 0.640. The van der Waals surface area contributed by atoms with Crippen LogP contribution in [0.3, 0.4) is 0 Å². The average molecular weight is 457 g/mol. The van der Waals surface area contributed by atoms with E-state index in [1.807, 2.05) is 24.3 Å². The molecule has 3 fully saturated rings. The number of amides is 4. The van der Waals surface area contributed by atoms with E-state index in [0.29, 0.717) is 18.8 Å². The Morgan fingerprint density at radius 2 is 1.82 bits per heavy atom. The first-order chi connectivity index (χ1) is 15.6. The van der Waals surface area contributed by atoms with E-state index in [2.05, 4.69) is 36.3 Å². The number of carbonyl (C=O) groups excluding carboxylic acids is 3. The Morgan fingerprint density at radius 3 is 2.42 bits per heavy atom. The topological polar surface area (TPSA) is 91.0 Å². The zero-order valence-corrected chi connectivity index (χ0v) is 20.1. The number of benzene rings is 1. The highest BCUT2D eigenvalue weighted by Crippen LogP contribution is 2.46. The van der Waals surface area contributed by atoms with Crippen molar-refractivity contribution < 1.29 is 19.1 Å². The number of ether oxygens (including phenoxy) is 1. The predicted molar refractivity (Wildman–Crippen MR) is 126 cm³/mol. The molecule has 180 valence electrons. The lowest BCUT2D eigenvalue weighted by molar-refractivity contribution is -0.137. The Labute approximate surface area is 196 Å². The van der Waals surface area contributed by atoms with E-state index in [-0.39, 0.29) is 29.8 Å². The maximum absolute atomic E-state index is 13.2. The minimum Gasteiger partial charge on any atom is -0.497 e. The van der Waals surface area contributed by atoms with Gasteiger partial charge in [0.25, 0.3) is 5.91 Å². The minimum atomic E-state index is -0.873. The van der Waals surface area contributed by atoms with Gasteiger partial charge in [0.1, 0.15) is 17.8 Å². The van der Waals surface area contributed by atoms with Crippen LogP contribution in [-0.2, 0) is 9.59 Å². The Kier molecular flexibility index (Phi) is 6.29. The third kappa shape index (κ3) is 4.94. The van der Waals surface area contributed by atoms with Crippen molar-refractivity contribution in [2.75, 3.05) is 31.6 Å². The largest absolute Gasteiger partial charge is 0.497 e. The quantitative estimate of drug-likeness (QED) is 0.665. The number of nitrogens with zero attached hydrogens (tertiary/aromatic N) is 2. The SMILES string of the molecule is COc1ccc(N2CCC(NC(=O)CN3C(=O)NC4(CC(C)CC(C)(C)C4)C3=O)CC2)cc1. The summed E-state index contributed by atoms with van der Waals surface area (Å²) in [6, 6.07) is 7.56. The zero-order valence-electron chi connectivity index (χ0n) is 20.1. The van der Waals surface area contributed by atoms with Crippen molar-refractivity contribution in [3.05, 3.63) is 24.3 Å². The van der Waals surface area contributed by atoms with Gasteiger partial charge >= 0.3 is 6.03 Å². The van der Waals surface area contributed by atoms with E-state index in [9.17, 15) is 14.4 Å². The highest BCUT2D eigenvalue weighted by Gasteiger charge is 2.56. The summed E-state index contributed by atoms with van der Waals surface area (Å²) in [4.78, 5) is 42.0. The molecule has 4 rings (SSSR count). The van der Waals surface area contributed by atoms with Gasteiger partial charge in [-0.25, -0.2) is 4.79 Å². The van der Waals surface area contributed by atoms with Gasteiger partial charge in [0, 0.05) is 24.8 Å². The normalized spacial score (nSPS) is 27.6. The molecule has 1 aliphatic carbocycles. The van der Waals surface area contributed by atoms with Crippen molar-refractivity contribution in [1.29, 1.82) is 0 Å². The molecule has 2 N–H and O–H groups in total. The number of rotatable bonds is 5. The van der Waals surface area contributed by atoms with Gasteiger partial charge in [0.2, 0.25) is 5.91 Å². The van der Waals surface area contributed by atoms with Gasteiger partial charge in [-0.15, -0.1) is 0 Å². The lowest BCUT2D eigenvalue weighted by Crippen LogP contribution is -2.54. The highest BCUT2D eigenvalue weighted by atomic mass is 16.5. The van der Waals surface area contributed by atoms with Gasteiger partial charge in [0.15, 0.2) is 0 Å². The summed E-state index contributed by atoms with van der Waals surface area (Å²) >= 11 is 0. The number of hydrogen-bond acceptors (Lipinski definition) is 5. The fourth-order valence-electron chi connectivity index (χ4n) is 6.14. The smallest absolute Gasteiger partial charge is 0.325 e. The molecule has 0 aromatic heterocycles. The summed E-state index contributed by atoms with van der Waals surface area (Å²) in [6.45, 7) is 7.83. The third-order valence-electron chi connectivity index (χ3n) is 7.22. The van der Waals surface area contributed by atoms with Gasteiger partial charge in [-0.05, 0) is 67.7 Å². The van der Waals surface area contributed by atoms with Crippen LogP contribution >= 0.6 is 0 Å². The fourth-order valence-corrected chi connectivity index (χ4v) is 6.14. The monoisotopic (exact) mass is 456 g/mol. The lowest BCUT2D eigenvalue weighted by Gasteiger charge is -2.43. The number of hydrogen-bond donors (Lipinski definition) is 2. The Hall–Kier alpha value is -2.77. The van der Waals surface area contributed by atoms with Crippen molar-refractivity contribution in [2.45, 2.75) is 64.5 Å². The first-order valence-corrected chi connectivity index (χ1v) is 11.9. The first kappa shape index (κ1) is 23.4. The molecule has 0 bridgehead atoms. The number of anilines is 1. The summed E-state index contributed by atoms with van der Waals surface area (Å²) in [7, 11) is 1.65. The molecule has 1 aromatic rings. The van der Waals surface area contributed by atoms with Gasteiger partial charge in [-0.2, -0.15) is 0 Å². The molecule has 1 aromatic carbocycles. The van der Waals surface area contributed by atoms with E-state index >= 15 is 0 Å². The molecule has 1 spiro atoms. The average Bonchev–Trinajstić information content (AvgIpc) is 2.96. The molecule has 2 unspecified atom stereocenters. The second kappa shape index (κ2) is 8.88. The van der Waals surface area contributed by atoms with E-state index in [1.165, 1.54) is 0 Å². The maximum atomic E-state index is 13.2. The second-order valence-corrected chi connectivity index (χ2v) is 10.8. The summed E-state index contributed by atoms with van der Waals surface area (Å²) in [6.07, 6.45) is 3.88. The Bertz CT molecular complexity index is 907. The summed E-state index contributed by atoms with van der Waals surface area (Å²) in [5.41, 5.74) is 0.230. The molecular formula is C25H36N4O4. The number of imide groups is 1. The number of carbonyl (C=O) groups is 3. The second-order valence-electron chi connectivity index (χ2n) is 10.8. The molecule has 33 heavy (non-hydrogen) atoms. The molecule has 2 heterocycles. The lowest BCUT2D eigenvalue weighted by atomic mass is 9.64. The first-order valence-electron chi connectivity index (χ1n) is 11.9. The number of methoxy groups -OCH3 is 1. The van der Waals surface area contributed by atoms with Crippen LogP contribution in [0.2, 0.25) is 0 Å². The Balaban J connectivity index is 1.30. The van der Waals surface area contributed by atoms with Gasteiger partial charge in [0.05, 0.1) is 7.11 Å². The van der Waals surface area contributed by atoms with Gasteiger partial charge < -0.3 is 20.3 Å². The van der Waals surface area contributed by atoms with Crippen molar-refractivity contribution in [2.24, 2.45) is 11.3 Å². The van der Waals surface area contributed by atoms with E-state index < -0.39 is 11.6 Å². The van der Waals surface area contributed by atoms with Crippen LogP contribution in [0, 0.1) is 11.3 Å². The molecule has 0 radical (unpaired) electrons. The number of nitrogens with one attached hydrogen (secondary N) is 2.